The van der Waals surface area contributed by atoms with E-state index in [0.717, 1.165) is 12.8 Å². The summed E-state index contributed by atoms with van der Waals surface area (Å²) in [5.41, 5.74) is 0. The Bertz CT molecular complexity index is 139. The van der Waals surface area contributed by atoms with Gasteiger partial charge in [-0.05, 0) is 13.3 Å². The Hall–Kier alpha value is -0.770. The fourth-order valence-electron chi connectivity index (χ4n) is 0.860. The molecule has 0 saturated carbocycles. The first-order chi connectivity index (χ1) is 6.20. The molecule has 0 aromatic heterocycles. The van der Waals surface area contributed by atoms with Crippen molar-refractivity contribution in [2.75, 3.05) is 20.3 Å². The van der Waals surface area contributed by atoms with Crippen molar-refractivity contribution in [2.24, 2.45) is 0 Å². The molecule has 0 aromatic carbocycles. The molecule has 1 amide bonds. The normalized spacial score (nSPS) is 12.2. The number of unbranched alkanes of at least 4 members (excludes halogenated alkanes) is 1. The van der Waals surface area contributed by atoms with Gasteiger partial charge in [-0.3, -0.25) is 0 Å². The first-order valence-electron chi connectivity index (χ1n) is 4.64. The van der Waals surface area contributed by atoms with Gasteiger partial charge in [-0.25, -0.2) is 4.79 Å². The van der Waals surface area contributed by atoms with E-state index in [1.54, 1.807) is 14.0 Å². The van der Waals surface area contributed by atoms with Crippen molar-refractivity contribution >= 4 is 6.09 Å². The van der Waals surface area contributed by atoms with E-state index >= 15 is 0 Å². The lowest BCUT2D eigenvalue weighted by Crippen LogP contribution is -2.30. The molecule has 4 nitrogen and oxygen atoms in total. The van der Waals surface area contributed by atoms with Crippen molar-refractivity contribution in [1.82, 2.24) is 5.32 Å². The minimum absolute atomic E-state index is 0.188. The first-order valence-corrected chi connectivity index (χ1v) is 4.64. The molecular weight excluding hydrogens is 170 g/mol. The summed E-state index contributed by atoms with van der Waals surface area (Å²) in [5, 5.41) is 2.66. The number of amides is 1. The molecule has 0 aliphatic rings. The summed E-state index contributed by atoms with van der Waals surface area (Å²) in [6.45, 7) is 4.97. The number of nitrogens with one attached hydrogen (secondary N) is 1. The van der Waals surface area contributed by atoms with E-state index in [0.29, 0.717) is 13.2 Å². The average Bonchev–Trinajstić information content (AvgIpc) is 2.05. The number of hydrogen-bond donors (Lipinski definition) is 1. The number of methoxy groups -OCH3 is 1. The van der Waals surface area contributed by atoms with Crippen LogP contribution in [0, 0.1) is 0 Å². The van der Waals surface area contributed by atoms with Crippen LogP contribution in [0.3, 0.4) is 0 Å². The summed E-state index contributed by atoms with van der Waals surface area (Å²) >= 11 is 0. The highest BCUT2D eigenvalue weighted by molar-refractivity contribution is 5.67. The minimum atomic E-state index is -0.363. The van der Waals surface area contributed by atoms with E-state index in [9.17, 15) is 4.79 Å². The fourth-order valence-corrected chi connectivity index (χ4v) is 0.860. The number of alkyl carbamates (subject to hydrolysis) is 1. The molecule has 0 spiro atoms. The zero-order chi connectivity index (χ0) is 10.1. The summed E-state index contributed by atoms with van der Waals surface area (Å²) < 4.78 is 9.79. The van der Waals surface area contributed by atoms with E-state index in [1.807, 2.05) is 0 Å². The number of ether oxygens (including phenoxy) is 2. The van der Waals surface area contributed by atoms with Crippen LogP contribution in [0.25, 0.3) is 0 Å². The smallest absolute Gasteiger partial charge is 0.407 e. The van der Waals surface area contributed by atoms with Gasteiger partial charge in [0.1, 0.15) is 6.10 Å². The van der Waals surface area contributed by atoms with Gasteiger partial charge in [0.25, 0.3) is 0 Å². The van der Waals surface area contributed by atoms with Gasteiger partial charge in [-0.1, -0.05) is 13.3 Å². The summed E-state index contributed by atoms with van der Waals surface area (Å²) in [6.07, 6.45) is 1.49. The summed E-state index contributed by atoms with van der Waals surface area (Å²) in [6, 6.07) is 0. The molecule has 1 atom stereocenters. The second-order valence-electron chi connectivity index (χ2n) is 2.95. The molecule has 0 radical (unpaired) electrons. The van der Waals surface area contributed by atoms with Crippen LogP contribution in [0.15, 0.2) is 0 Å². The highest BCUT2D eigenvalue weighted by Crippen LogP contribution is 1.92. The Morgan fingerprint density at radius 2 is 2.23 bits per heavy atom. The molecule has 0 aliphatic carbocycles. The number of carbonyl (C=O) groups is 1. The Labute approximate surface area is 79.6 Å². The summed E-state index contributed by atoms with van der Waals surface area (Å²) in [5.74, 6) is 0. The van der Waals surface area contributed by atoms with Crippen molar-refractivity contribution in [2.45, 2.75) is 32.8 Å². The van der Waals surface area contributed by atoms with E-state index in [2.05, 4.69) is 12.2 Å². The lowest BCUT2D eigenvalue weighted by Gasteiger charge is -2.12. The van der Waals surface area contributed by atoms with Crippen LogP contribution in [-0.2, 0) is 9.47 Å². The van der Waals surface area contributed by atoms with Crippen molar-refractivity contribution in [1.29, 1.82) is 0 Å². The third-order valence-electron chi connectivity index (χ3n) is 1.51. The predicted molar refractivity (Wildman–Crippen MR) is 50.7 cm³/mol. The summed E-state index contributed by atoms with van der Waals surface area (Å²) in [7, 11) is 1.58. The zero-order valence-electron chi connectivity index (χ0n) is 8.63. The van der Waals surface area contributed by atoms with Crippen LogP contribution < -0.4 is 5.32 Å². The molecular formula is C9H19NO3. The first kappa shape index (κ1) is 12.2. The van der Waals surface area contributed by atoms with E-state index in [-0.39, 0.29) is 12.2 Å². The SMILES string of the molecule is CCCCNC(=O)OC(C)COC. The molecule has 0 aliphatic heterocycles. The zero-order valence-corrected chi connectivity index (χ0v) is 8.63. The van der Waals surface area contributed by atoms with Crippen molar-refractivity contribution in [3.63, 3.8) is 0 Å². The Morgan fingerprint density at radius 1 is 1.54 bits per heavy atom. The molecule has 0 heterocycles. The van der Waals surface area contributed by atoms with Gasteiger partial charge in [0.2, 0.25) is 0 Å². The average molecular weight is 189 g/mol. The monoisotopic (exact) mass is 189 g/mol. The minimum Gasteiger partial charge on any atom is -0.444 e. The molecule has 1 N–H and O–H groups in total. The van der Waals surface area contributed by atoms with E-state index < -0.39 is 0 Å². The van der Waals surface area contributed by atoms with Crippen molar-refractivity contribution in [3.05, 3.63) is 0 Å². The lowest BCUT2D eigenvalue weighted by atomic mass is 10.3. The third-order valence-corrected chi connectivity index (χ3v) is 1.51. The molecule has 0 fully saturated rings. The quantitative estimate of drug-likeness (QED) is 0.645. The maximum atomic E-state index is 11.0. The van der Waals surface area contributed by atoms with Gasteiger partial charge in [0, 0.05) is 13.7 Å². The molecule has 0 aromatic rings. The van der Waals surface area contributed by atoms with Crippen LogP contribution in [0.1, 0.15) is 26.7 Å². The predicted octanol–water partition coefficient (Wildman–Crippen LogP) is 1.55. The topological polar surface area (TPSA) is 47.6 Å². The van der Waals surface area contributed by atoms with Crippen LogP contribution in [0.4, 0.5) is 4.79 Å². The largest absolute Gasteiger partial charge is 0.444 e. The van der Waals surface area contributed by atoms with Gasteiger partial charge in [0.05, 0.1) is 6.61 Å². The molecule has 0 rings (SSSR count). The fraction of sp³-hybridized carbons (Fsp3) is 0.889. The molecule has 78 valence electrons. The third kappa shape index (κ3) is 7.59. The molecule has 0 bridgehead atoms. The van der Waals surface area contributed by atoms with Gasteiger partial charge >= 0.3 is 6.09 Å². The molecule has 1 unspecified atom stereocenters. The Kier molecular flexibility index (Phi) is 7.39. The van der Waals surface area contributed by atoms with Crippen LogP contribution in [0.2, 0.25) is 0 Å². The van der Waals surface area contributed by atoms with Crippen LogP contribution in [0.5, 0.6) is 0 Å². The van der Waals surface area contributed by atoms with Gasteiger partial charge in [0.15, 0.2) is 0 Å². The van der Waals surface area contributed by atoms with Crippen molar-refractivity contribution in [3.8, 4) is 0 Å². The Morgan fingerprint density at radius 3 is 2.77 bits per heavy atom. The standard InChI is InChI=1S/C9H19NO3/c1-4-5-6-10-9(11)13-8(2)7-12-3/h8H,4-7H2,1-3H3,(H,10,11). The molecule has 4 heteroatoms. The summed E-state index contributed by atoms with van der Waals surface area (Å²) in [4.78, 5) is 11.0. The van der Waals surface area contributed by atoms with Crippen molar-refractivity contribution < 1.29 is 14.3 Å². The Balaban J connectivity index is 3.38. The lowest BCUT2D eigenvalue weighted by molar-refractivity contribution is 0.0491. The van der Waals surface area contributed by atoms with E-state index in [4.69, 9.17) is 9.47 Å². The van der Waals surface area contributed by atoms with E-state index in [1.165, 1.54) is 0 Å². The maximum absolute atomic E-state index is 11.0. The van der Waals surface area contributed by atoms with Gasteiger partial charge < -0.3 is 14.8 Å². The second-order valence-corrected chi connectivity index (χ2v) is 2.95. The van der Waals surface area contributed by atoms with Crippen LogP contribution in [-0.4, -0.2) is 32.5 Å². The highest BCUT2D eigenvalue weighted by Gasteiger charge is 2.07. The molecule has 13 heavy (non-hydrogen) atoms. The highest BCUT2D eigenvalue weighted by atomic mass is 16.6. The van der Waals surface area contributed by atoms with Gasteiger partial charge in [-0.15, -0.1) is 0 Å². The maximum Gasteiger partial charge on any atom is 0.407 e. The van der Waals surface area contributed by atoms with Crippen LogP contribution >= 0.6 is 0 Å². The second kappa shape index (κ2) is 7.86. The van der Waals surface area contributed by atoms with Gasteiger partial charge in [-0.2, -0.15) is 0 Å². The molecule has 0 saturated heterocycles. The number of rotatable bonds is 6. The number of hydrogen-bond acceptors (Lipinski definition) is 3. The number of carbonyl (C=O) groups excluding carboxylic acids is 1.